The molecule has 1 aromatic carbocycles. The second-order valence-electron chi connectivity index (χ2n) is 3.99. The van der Waals surface area contributed by atoms with E-state index in [9.17, 15) is 8.42 Å². The lowest BCUT2D eigenvalue weighted by Gasteiger charge is -2.14. The van der Waals surface area contributed by atoms with E-state index in [1.54, 1.807) is 31.2 Å². The number of sulfone groups is 1. The van der Waals surface area contributed by atoms with E-state index in [0.29, 0.717) is 6.54 Å². The summed E-state index contributed by atoms with van der Waals surface area (Å²) >= 11 is 5.91. The Balaban J connectivity index is 2.85. The summed E-state index contributed by atoms with van der Waals surface area (Å²) in [5, 5.41) is 2.92. The number of rotatable bonds is 6. The highest BCUT2D eigenvalue weighted by atomic mass is 35.5. The van der Waals surface area contributed by atoms with Gasteiger partial charge in [-0.05, 0) is 32.0 Å². The van der Waals surface area contributed by atoms with E-state index in [0.717, 1.165) is 13.0 Å². The van der Waals surface area contributed by atoms with Gasteiger partial charge in [-0.15, -0.1) is 0 Å². The van der Waals surface area contributed by atoms with E-state index in [1.165, 1.54) is 0 Å². The minimum atomic E-state index is -3.34. The molecule has 1 rings (SSSR count). The molecule has 1 N–H and O–H groups in total. The number of hydrogen-bond acceptors (Lipinski definition) is 3. The van der Waals surface area contributed by atoms with Crippen LogP contribution in [0.1, 0.15) is 20.3 Å². The van der Waals surface area contributed by atoms with E-state index < -0.39 is 15.1 Å². The summed E-state index contributed by atoms with van der Waals surface area (Å²) in [4.78, 5) is 0.215. The Labute approximate surface area is 108 Å². The maximum atomic E-state index is 12.2. The molecule has 1 unspecified atom stereocenters. The molecule has 0 aliphatic heterocycles. The fourth-order valence-corrected chi connectivity index (χ4v) is 3.32. The summed E-state index contributed by atoms with van der Waals surface area (Å²) < 4.78 is 24.4. The van der Waals surface area contributed by atoms with Crippen LogP contribution in [-0.2, 0) is 9.84 Å². The first kappa shape index (κ1) is 14.5. The van der Waals surface area contributed by atoms with Gasteiger partial charge in [-0.1, -0.05) is 30.7 Å². The van der Waals surface area contributed by atoms with Crippen LogP contribution in [0.25, 0.3) is 0 Å². The third kappa shape index (κ3) is 3.69. The van der Waals surface area contributed by atoms with Crippen molar-refractivity contribution < 1.29 is 8.42 Å². The van der Waals surface area contributed by atoms with Gasteiger partial charge in [0.2, 0.25) is 0 Å². The average molecular weight is 276 g/mol. The molecular weight excluding hydrogens is 258 g/mol. The lowest BCUT2D eigenvalue weighted by molar-refractivity contribution is 0.571. The van der Waals surface area contributed by atoms with Gasteiger partial charge in [-0.3, -0.25) is 0 Å². The van der Waals surface area contributed by atoms with Crippen molar-refractivity contribution in [1.82, 2.24) is 5.32 Å². The van der Waals surface area contributed by atoms with Crippen LogP contribution in [0.3, 0.4) is 0 Å². The second-order valence-corrected chi connectivity index (χ2v) is 6.73. The predicted molar refractivity (Wildman–Crippen MR) is 71.3 cm³/mol. The Kier molecular flexibility index (Phi) is 5.43. The van der Waals surface area contributed by atoms with Crippen molar-refractivity contribution in [1.29, 1.82) is 0 Å². The van der Waals surface area contributed by atoms with Gasteiger partial charge in [0, 0.05) is 6.54 Å². The van der Waals surface area contributed by atoms with Crippen LogP contribution in [-0.4, -0.2) is 26.8 Å². The Bertz CT molecular complexity index is 459. The highest BCUT2D eigenvalue weighted by Gasteiger charge is 2.24. The molecule has 0 fully saturated rings. The molecule has 0 aromatic heterocycles. The molecule has 0 bridgehead atoms. The van der Waals surface area contributed by atoms with Gasteiger partial charge in [0.25, 0.3) is 0 Å². The van der Waals surface area contributed by atoms with Crippen LogP contribution in [0.2, 0.25) is 5.02 Å². The van der Waals surface area contributed by atoms with Crippen molar-refractivity contribution in [2.24, 2.45) is 0 Å². The molecule has 0 amide bonds. The summed E-state index contributed by atoms with van der Waals surface area (Å²) in [6.07, 6.45) is 0.985. The molecule has 0 saturated heterocycles. The van der Waals surface area contributed by atoms with Crippen LogP contribution in [0.5, 0.6) is 0 Å². The van der Waals surface area contributed by atoms with Crippen LogP contribution >= 0.6 is 11.6 Å². The highest BCUT2D eigenvalue weighted by molar-refractivity contribution is 7.92. The fraction of sp³-hybridized carbons (Fsp3) is 0.500. The Morgan fingerprint density at radius 2 is 2.00 bits per heavy atom. The summed E-state index contributed by atoms with van der Waals surface area (Å²) in [6.45, 7) is 5.01. The molecule has 3 nitrogen and oxygen atoms in total. The zero-order valence-corrected chi connectivity index (χ0v) is 11.7. The summed E-state index contributed by atoms with van der Waals surface area (Å²) in [7, 11) is -3.34. The van der Waals surface area contributed by atoms with Crippen LogP contribution in [0, 0.1) is 0 Å². The van der Waals surface area contributed by atoms with Crippen molar-refractivity contribution in [3.63, 3.8) is 0 Å². The third-order valence-corrected chi connectivity index (χ3v) is 5.17. The van der Waals surface area contributed by atoms with Gasteiger partial charge >= 0.3 is 0 Å². The van der Waals surface area contributed by atoms with Crippen molar-refractivity contribution in [2.45, 2.75) is 30.4 Å². The molecule has 5 heteroatoms. The number of benzene rings is 1. The zero-order valence-electron chi connectivity index (χ0n) is 10.1. The van der Waals surface area contributed by atoms with Crippen LogP contribution < -0.4 is 5.32 Å². The molecule has 0 aliphatic rings. The fourth-order valence-electron chi connectivity index (χ4n) is 1.48. The summed E-state index contributed by atoms with van der Waals surface area (Å²) in [5.41, 5.74) is 0. The lowest BCUT2D eigenvalue weighted by Crippen LogP contribution is -2.31. The second kappa shape index (κ2) is 6.38. The number of hydrogen-bond donors (Lipinski definition) is 1. The summed E-state index contributed by atoms with van der Waals surface area (Å²) in [5.74, 6) is 0. The Morgan fingerprint density at radius 1 is 1.35 bits per heavy atom. The van der Waals surface area contributed by atoms with Crippen LogP contribution in [0.4, 0.5) is 0 Å². The maximum Gasteiger partial charge on any atom is 0.183 e. The molecular formula is C12H18ClNO2S. The molecule has 0 heterocycles. The largest absolute Gasteiger partial charge is 0.315 e. The van der Waals surface area contributed by atoms with E-state index in [-0.39, 0.29) is 9.92 Å². The molecule has 0 spiro atoms. The molecule has 96 valence electrons. The molecule has 1 atom stereocenters. The van der Waals surface area contributed by atoms with Gasteiger partial charge in [-0.25, -0.2) is 8.42 Å². The van der Waals surface area contributed by atoms with E-state index >= 15 is 0 Å². The standard InChI is InChI=1S/C12H18ClNO2S/c1-3-8-14-9-10(2)17(15,16)12-7-5-4-6-11(12)13/h4-7,10,14H,3,8-9H2,1-2H3. The topological polar surface area (TPSA) is 46.2 Å². The highest BCUT2D eigenvalue weighted by Crippen LogP contribution is 2.24. The number of halogens is 1. The van der Waals surface area contributed by atoms with Gasteiger partial charge in [0.15, 0.2) is 9.84 Å². The quantitative estimate of drug-likeness (QED) is 0.812. The Morgan fingerprint density at radius 3 is 2.59 bits per heavy atom. The summed E-state index contributed by atoms with van der Waals surface area (Å²) in [6, 6.07) is 6.56. The van der Waals surface area contributed by atoms with Gasteiger partial charge in [0.1, 0.15) is 0 Å². The molecule has 0 radical (unpaired) electrons. The monoisotopic (exact) mass is 275 g/mol. The van der Waals surface area contributed by atoms with E-state index in [1.807, 2.05) is 6.92 Å². The first-order chi connectivity index (χ1) is 8.00. The zero-order chi connectivity index (χ0) is 12.9. The molecule has 0 aliphatic carbocycles. The third-order valence-electron chi connectivity index (χ3n) is 2.53. The predicted octanol–water partition coefficient (Wildman–Crippen LogP) is 2.50. The number of nitrogens with one attached hydrogen (secondary N) is 1. The van der Waals surface area contributed by atoms with Gasteiger partial charge in [0.05, 0.1) is 15.2 Å². The normalized spacial score (nSPS) is 13.6. The minimum Gasteiger partial charge on any atom is -0.315 e. The molecule has 1 aromatic rings. The molecule has 17 heavy (non-hydrogen) atoms. The van der Waals surface area contributed by atoms with Crippen molar-refractivity contribution in [3.05, 3.63) is 29.3 Å². The van der Waals surface area contributed by atoms with Crippen molar-refractivity contribution >= 4 is 21.4 Å². The molecule has 0 saturated carbocycles. The maximum absolute atomic E-state index is 12.2. The minimum absolute atomic E-state index is 0.215. The lowest BCUT2D eigenvalue weighted by atomic mass is 10.4. The van der Waals surface area contributed by atoms with Crippen molar-refractivity contribution in [2.75, 3.05) is 13.1 Å². The average Bonchev–Trinajstić information content (AvgIpc) is 2.29. The first-order valence-corrected chi connectivity index (χ1v) is 7.61. The van der Waals surface area contributed by atoms with E-state index in [2.05, 4.69) is 5.32 Å². The van der Waals surface area contributed by atoms with Crippen molar-refractivity contribution in [3.8, 4) is 0 Å². The van der Waals surface area contributed by atoms with Gasteiger partial charge in [-0.2, -0.15) is 0 Å². The SMILES string of the molecule is CCCNCC(C)S(=O)(=O)c1ccccc1Cl. The smallest absolute Gasteiger partial charge is 0.183 e. The van der Waals surface area contributed by atoms with Gasteiger partial charge < -0.3 is 5.32 Å². The Hall–Kier alpha value is -0.580. The first-order valence-electron chi connectivity index (χ1n) is 5.69. The van der Waals surface area contributed by atoms with E-state index in [4.69, 9.17) is 11.6 Å². The van der Waals surface area contributed by atoms with Crippen LogP contribution in [0.15, 0.2) is 29.2 Å².